The van der Waals surface area contributed by atoms with Gasteiger partial charge in [-0.15, -0.1) is 9.24 Å². The molecule has 0 radical (unpaired) electrons. The van der Waals surface area contributed by atoms with Crippen LogP contribution in [0.4, 0.5) is 0 Å². The summed E-state index contributed by atoms with van der Waals surface area (Å²) in [6.45, 7) is 0. The third-order valence-corrected chi connectivity index (χ3v) is 9.35. The predicted molar refractivity (Wildman–Crippen MR) is 105 cm³/mol. The van der Waals surface area contributed by atoms with Gasteiger partial charge >= 0.3 is 0 Å². The molecule has 2 heteroatoms. The highest BCUT2D eigenvalue weighted by atomic mass is 31.1. The van der Waals surface area contributed by atoms with Crippen LogP contribution in [0.3, 0.4) is 0 Å². The van der Waals surface area contributed by atoms with E-state index in [2.05, 4.69) is 39.6 Å². The van der Waals surface area contributed by atoms with Crippen LogP contribution in [0, 0.1) is 11.8 Å². The standard InChI is InChI=1S/C20H32P2/c21-16-20(17-10-4-1-5-11-17,18-12-6-2-7-13-18)22-19-14-8-3-9-15-19/h3,8-9,14-15,17-18,22H,1-2,4-7,10-13,16,21H2. The van der Waals surface area contributed by atoms with Gasteiger partial charge < -0.3 is 0 Å². The van der Waals surface area contributed by atoms with Crippen molar-refractivity contribution in [2.45, 2.75) is 69.4 Å². The minimum Gasteiger partial charge on any atom is -0.137 e. The maximum absolute atomic E-state index is 3.17. The smallest absolute Gasteiger partial charge is 0.000925 e. The average molecular weight is 334 g/mol. The Balaban J connectivity index is 1.87. The lowest BCUT2D eigenvalue weighted by Crippen LogP contribution is -2.45. The van der Waals surface area contributed by atoms with E-state index in [1.807, 2.05) is 0 Å². The van der Waals surface area contributed by atoms with E-state index in [0.29, 0.717) is 5.16 Å². The Bertz CT molecular complexity index is 412. The fourth-order valence-corrected chi connectivity index (χ4v) is 7.90. The summed E-state index contributed by atoms with van der Waals surface area (Å²) in [5, 5.41) is 2.17. The molecule has 2 aliphatic rings. The van der Waals surface area contributed by atoms with Crippen LogP contribution < -0.4 is 5.30 Å². The zero-order chi connectivity index (χ0) is 15.3. The molecule has 2 unspecified atom stereocenters. The molecule has 22 heavy (non-hydrogen) atoms. The fourth-order valence-electron chi connectivity index (χ4n) is 4.95. The lowest BCUT2D eigenvalue weighted by molar-refractivity contribution is 0.190. The van der Waals surface area contributed by atoms with Crippen molar-refractivity contribution in [1.82, 2.24) is 0 Å². The first-order valence-electron chi connectivity index (χ1n) is 9.38. The zero-order valence-corrected chi connectivity index (χ0v) is 16.1. The molecule has 122 valence electrons. The topological polar surface area (TPSA) is 0 Å². The predicted octanol–water partition coefficient (Wildman–Crippen LogP) is 5.76. The molecule has 0 saturated heterocycles. The highest BCUT2D eigenvalue weighted by molar-refractivity contribution is 7.49. The summed E-state index contributed by atoms with van der Waals surface area (Å²) in [6.07, 6.45) is 16.1. The minimum absolute atomic E-state index is 0.576. The summed E-state index contributed by atoms with van der Waals surface area (Å²) in [6, 6.07) is 11.4. The Morgan fingerprint density at radius 2 is 1.32 bits per heavy atom. The number of benzene rings is 1. The molecule has 0 nitrogen and oxygen atoms in total. The molecule has 0 spiro atoms. The second-order valence-corrected chi connectivity index (χ2v) is 9.57. The summed E-state index contributed by atoms with van der Waals surface area (Å²) >= 11 is 0. The van der Waals surface area contributed by atoms with Crippen molar-refractivity contribution in [1.29, 1.82) is 0 Å². The second kappa shape index (κ2) is 8.26. The summed E-state index contributed by atoms with van der Waals surface area (Å²) in [5.74, 6) is 1.95. The minimum atomic E-state index is 0.576. The van der Waals surface area contributed by atoms with Crippen LogP contribution in [0.1, 0.15) is 64.2 Å². The van der Waals surface area contributed by atoms with E-state index >= 15 is 0 Å². The maximum atomic E-state index is 3.17. The van der Waals surface area contributed by atoms with Crippen molar-refractivity contribution in [2.24, 2.45) is 11.8 Å². The molecule has 0 aliphatic heterocycles. The molecule has 2 saturated carbocycles. The van der Waals surface area contributed by atoms with Crippen molar-refractivity contribution in [3.63, 3.8) is 0 Å². The van der Waals surface area contributed by atoms with E-state index < -0.39 is 0 Å². The second-order valence-electron chi connectivity index (χ2n) is 7.41. The first-order valence-corrected chi connectivity index (χ1v) is 11.2. The summed E-state index contributed by atoms with van der Waals surface area (Å²) < 4.78 is 0. The maximum Gasteiger partial charge on any atom is 0.000925 e. The van der Waals surface area contributed by atoms with Gasteiger partial charge in [0.05, 0.1) is 0 Å². The zero-order valence-electron chi connectivity index (χ0n) is 13.9. The third kappa shape index (κ3) is 3.76. The third-order valence-electron chi connectivity index (χ3n) is 6.16. The average Bonchev–Trinajstić information content (AvgIpc) is 2.62. The van der Waals surface area contributed by atoms with Gasteiger partial charge in [0.1, 0.15) is 0 Å². The monoisotopic (exact) mass is 334 g/mol. The van der Waals surface area contributed by atoms with Crippen LogP contribution in [0.2, 0.25) is 0 Å². The van der Waals surface area contributed by atoms with E-state index in [9.17, 15) is 0 Å². The van der Waals surface area contributed by atoms with E-state index in [1.165, 1.54) is 70.4 Å². The molecule has 1 aromatic carbocycles. The molecule has 1 aromatic rings. The number of hydrogen-bond acceptors (Lipinski definition) is 0. The molecular formula is C20H32P2. The van der Waals surface area contributed by atoms with Gasteiger partial charge in [0.15, 0.2) is 0 Å². The summed E-state index contributed by atoms with van der Waals surface area (Å²) in [4.78, 5) is 0. The van der Waals surface area contributed by atoms with Crippen LogP contribution >= 0.6 is 17.8 Å². The van der Waals surface area contributed by atoms with Gasteiger partial charge in [0.2, 0.25) is 0 Å². The molecule has 0 aromatic heterocycles. The van der Waals surface area contributed by atoms with Crippen LogP contribution in [0.5, 0.6) is 0 Å². The highest BCUT2D eigenvalue weighted by Gasteiger charge is 2.44. The van der Waals surface area contributed by atoms with Gasteiger partial charge in [-0.05, 0) is 49.0 Å². The number of hydrogen-bond donors (Lipinski definition) is 0. The van der Waals surface area contributed by atoms with Crippen LogP contribution in [-0.4, -0.2) is 11.3 Å². The molecule has 3 rings (SSSR count). The van der Waals surface area contributed by atoms with Crippen LogP contribution in [-0.2, 0) is 0 Å². The molecule has 2 fully saturated rings. The van der Waals surface area contributed by atoms with E-state index in [1.54, 1.807) is 5.30 Å². The van der Waals surface area contributed by atoms with Gasteiger partial charge in [-0.25, -0.2) is 0 Å². The largest absolute Gasteiger partial charge is 0.137 e. The van der Waals surface area contributed by atoms with Crippen molar-refractivity contribution in [3.8, 4) is 0 Å². The van der Waals surface area contributed by atoms with Gasteiger partial charge in [-0.1, -0.05) is 77.4 Å². The van der Waals surface area contributed by atoms with Gasteiger partial charge in [-0.3, -0.25) is 0 Å². The van der Waals surface area contributed by atoms with Crippen molar-refractivity contribution in [3.05, 3.63) is 30.3 Å². The first-order chi connectivity index (χ1) is 10.8. The quantitative estimate of drug-likeness (QED) is 0.600. The molecule has 2 atom stereocenters. The van der Waals surface area contributed by atoms with Crippen LogP contribution in [0.25, 0.3) is 0 Å². The summed E-state index contributed by atoms with van der Waals surface area (Å²) in [5.41, 5.74) is 0. The Morgan fingerprint density at radius 3 is 1.77 bits per heavy atom. The Hall–Kier alpha value is 0.0800. The van der Waals surface area contributed by atoms with Crippen molar-refractivity contribution >= 4 is 23.1 Å². The SMILES string of the molecule is PCC(Pc1ccccc1)(C1CCCCC1)C1CCCCC1. The van der Waals surface area contributed by atoms with Crippen molar-refractivity contribution in [2.75, 3.05) is 6.16 Å². The number of rotatable bonds is 5. The van der Waals surface area contributed by atoms with Gasteiger partial charge in [-0.2, -0.15) is 0 Å². The normalized spacial score (nSPS) is 22.4. The van der Waals surface area contributed by atoms with Crippen LogP contribution in [0.15, 0.2) is 30.3 Å². The van der Waals surface area contributed by atoms with Gasteiger partial charge in [0, 0.05) is 5.16 Å². The molecule has 0 amide bonds. The summed E-state index contributed by atoms with van der Waals surface area (Å²) in [7, 11) is 4.18. The van der Waals surface area contributed by atoms with E-state index in [-0.39, 0.29) is 0 Å². The lowest BCUT2D eigenvalue weighted by Gasteiger charge is -2.49. The molecule has 0 bridgehead atoms. The molecule has 2 aliphatic carbocycles. The van der Waals surface area contributed by atoms with E-state index in [4.69, 9.17) is 0 Å². The lowest BCUT2D eigenvalue weighted by atomic mass is 9.69. The highest BCUT2D eigenvalue weighted by Crippen LogP contribution is 2.54. The molecule has 0 N–H and O–H groups in total. The fraction of sp³-hybridized carbons (Fsp3) is 0.700. The molecular weight excluding hydrogens is 302 g/mol. The Morgan fingerprint density at radius 1 is 0.818 bits per heavy atom. The van der Waals surface area contributed by atoms with Gasteiger partial charge in [0.25, 0.3) is 0 Å². The Labute approximate surface area is 141 Å². The first kappa shape index (κ1) is 16.9. The Kier molecular flexibility index (Phi) is 6.35. The molecule has 0 heterocycles. The van der Waals surface area contributed by atoms with Crippen molar-refractivity contribution < 1.29 is 0 Å². The van der Waals surface area contributed by atoms with E-state index in [0.717, 1.165) is 20.4 Å².